The molecule has 2 N–H and O–H groups in total. The van der Waals surface area contributed by atoms with E-state index in [0.717, 1.165) is 16.5 Å². The van der Waals surface area contributed by atoms with E-state index in [-0.39, 0.29) is 11.7 Å². The molecule has 0 radical (unpaired) electrons. The van der Waals surface area contributed by atoms with Crippen LogP contribution in [0.3, 0.4) is 0 Å². The number of nitrogens with zero attached hydrogens (tertiary/aromatic N) is 1. The molecule has 0 atom stereocenters. The van der Waals surface area contributed by atoms with Gasteiger partial charge in [-0.2, -0.15) is 0 Å². The number of thiophene rings is 1. The van der Waals surface area contributed by atoms with Crippen molar-refractivity contribution in [1.29, 1.82) is 0 Å². The van der Waals surface area contributed by atoms with Crippen molar-refractivity contribution >= 4 is 29.3 Å². The average Bonchev–Trinajstić information content (AvgIpc) is 3.02. The normalized spacial score (nSPS) is 10.8. The van der Waals surface area contributed by atoms with Crippen molar-refractivity contribution in [2.45, 2.75) is 13.5 Å². The standard InChI is InChI=1S/C13H12N2O4S/c1-8-6-15-19-12(8)13(18)14-7-10-9(4-5-20-10)2-3-11(16)17/h2-6H,7H2,1H3,(H,14,18)(H,16,17)/b3-2+. The molecule has 0 aromatic carbocycles. The number of aliphatic carboxylic acids is 1. The lowest BCUT2D eigenvalue weighted by atomic mass is 10.2. The Morgan fingerprint density at radius 1 is 1.55 bits per heavy atom. The van der Waals surface area contributed by atoms with Crippen LogP contribution in [0.1, 0.15) is 26.6 Å². The Labute approximate surface area is 118 Å². The van der Waals surface area contributed by atoms with Gasteiger partial charge in [-0.15, -0.1) is 11.3 Å². The second-order valence-corrected chi connectivity index (χ2v) is 4.99. The predicted octanol–water partition coefficient (Wildman–Crippen LogP) is 2.07. The van der Waals surface area contributed by atoms with Gasteiger partial charge in [0.2, 0.25) is 5.76 Å². The molecule has 0 spiro atoms. The first kappa shape index (κ1) is 14.0. The van der Waals surface area contributed by atoms with Crippen molar-refractivity contribution in [3.63, 3.8) is 0 Å². The highest BCUT2D eigenvalue weighted by atomic mass is 32.1. The Bertz CT molecular complexity index is 657. The molecule has 2 aromatic heterocycles. The number of hydrogen-bond acceptors (Lipinski definition) is 5. The van der Waals surface area contributed by atoms with E-state index in [9.17, 15) is 9.59 Å². The summed E-state index contributed by atoms with van der Waals surface area (Å²) in [4.78, 5) is 23.2. The number of hydrogen-bond donors (Lipinski definition) is 2. The number of carboxylic acids is 1. The zero-order chi connectivity index (χ0) is 14.5. The topological polar surface area (TPSA) is 92.4 Å². The Kier molecular flexibility index (Phi) is 4.31. The minimum absolute atomic E-state index is 0.184. The van der Waals surface area contributed by atoms with Crippen LogP contribution in [0, 0.1) is 6.92 Å². The van der Waals surface area contributed by atoms with Gasteiger partial charge in [0.15, 0.2) is 0 Å². The van der Waals surface area contributed by atoms with Gasteiger partial charge in [0.25, 0.3) is 5.91 Å². The molecule has 0 aliphatic heterocycles. The van der Waals surface area contributed by atoms with E-state index in [2.05, 4.69) is 10.5 Å². The van der Waals surface area contributed by atoms with Crippen LogP contribution < -0.4 is 5.32 Å². The van der Waals surface area contributed by atoms with Crippen LogP contribution in [0.5, 0.6) is 0 Å². The van der Waals surface area contributed by atoms with E-state index in [1.165, 1.54) is 23.6 Å². The summed E-state index contributed by atoms with van der Waals surface area (Å²) in [6.07, 6.45) is 4.04. The molecule has 6 nitrogen and oxygen atoms in total. The minimum atomic E-state index is -1.01. The van der Waals surface area contributed by atoms with E-state index in [0.29, 0.717) is 12.1 Å². The summed E-state index contributed by atoms with van der Waals surface area (Å²) in [7, 11) is 0. The molecule has 0 unspecified atom stereocenters. The first-order valence-electron chi connectivity index (χ1n) is 5.75. The van der Waals surface area contributed by atoms with Crippen molar-refractivity contribution in [3.8, 4) is 0 Å². The maximum Gasteiger partial charge on any atom is 0.328 e. The molecular formula is C13H12N2O4S. The summed E-state index contributed by atoms with van der Waals surface area (Å²) >= 11 is 1.44. The number of aryl methyl sites for hydroxylation is 1. The number of rotatable bonds is 5. The van der Waals surface area contributed by atoms with Gasteiger partial charge in [-0.1, -0.05) is 5.16 Å². The number of carbonyl (C=O) groups excluding carboxylic acids is 1. The highest BCUT2D eigenvalue weighted by Gasteiger charge is 2.14. The lowest BCUT2D eigenvalue weighted by Gasteiger charge is -2.02. The molecule has 0 aliphatic carbocycles. The Balaban J connectivity index is 2.01. The number of nitrogens with one attached hydrogen (secondary N) is 1. The average molecular weight is 292 g/mol. The minimum Gasteiger partial charge on any atom is -0.478 e. The van der Waals surface area contributed by atoms with E-state index >= 15 is 0 Å². The summed E-state index contributed by atoms with van der Waals surface area (Å²) in [5.41, 5.74) is 1.44. The third-order valence-electron chi connectivity index (χ3n) is 2.55. The first-order valence-corrected chi connectivity index (χ1v) is 6.62. The summed E-state index contributed by atoms with van der Waals surface area (Å²) in [6.45, 7) is 2.04. The van der Waals surface area contributed by atoms with Gasteiger partial charge in [0, 0.05) is 16.5 Å². The molecule has 1 amide bonds. The summed E-state index contributed by atoms with van der Waals surface area (Å²) in [5.74, 6) is -1.17. The molecule has 0 aliphatic rings. The molecule has 20 heavy (non-hydrogen) atoms. The molecule has 0 fully saturated rings. The maximum atomic E-state index is 11.8. The van der Waals surface area contributed by atoms with E-state index in [1.807, 2.05) is 5.38 Å². The molecule has 104 valence electrons. The molecule has 0 saturated carbocycles. The van der Waals surface area contributed by atoms with Gasteiger partial charge in [0.1, 0.15) is 0 Å². The molecule has 2 heterocycles. The van der Waals surface area contributed by atoms with Crippen molar-refractivity contribution in [1.82, 2.24) is 10.5 Å². The summed E-state index contributed by atoms with van der Waals surface area (Å²) in [5, 5.41) is 16.7. The van der Waals surface area contributed by atoms with Gasteiger partial charge >= 0.3 is 5.97 Å². The summed E-state index contributed by atoms with van der Waals surface area (Å²) < 4.78 is 4.85. The van der Waals surface area contributed by atoms with Crippen molar-refractivity contribution in [3.05, 3.63) is 45.5 Å². The molecule has 7 heteroatoms. The van der Waals surface area contributed by atoms with Crippen LogP contribution in [0.25, 0.3) is 6.08 Å². The number of carboxylic acid groups (broad SMARTS) is 1. The van der Waals surface area contributed by atoms with Crippen LogP contribution in [0.4, 0.5) is 0 Å². The Morgan fingerprint density at radius 3 is 3.00 bits per heavy atom. The van der Waals surface area contributed by atoms with Gasteiger partial charge in [0.05, 0.1) is 12.7 Å². The first-order chi connectivity index (χ1) is 9.58. The van der Waals surface area contributed by atoms with Gasteiger partial charge in [-0.05, 0) is 30.0 Å². The molecule has 0 saturated heterocycles. The van der Waals surface area contributed by atoms with E-state index in [1.54, 1.807) is 13.0 Å². The number of aromatic nitrogens is 1. The fourth-order valence-corrected chi connectivity index (χ4v) is 2.36. The zero-order valence-electron chi connectivity index (χ0n) is 10.6. The Morgan fingerprint density at radius 2 is 2.35 bits per heavy atom. The molecule has 2 rings (SSSR count). The van der Waals surface area contributed by atoms with Crippen LogP contribution in [0.2, 0.25) is 0 Å². The van der Waals surface area contributed by atoms with E-state index < -0.39 is 5.97 Å². The second-order valence-electron chi connectivity index (χ2n) is 3.99. The number of carbonyl (C=O) groups is 2. The van der Waals surface area contributed by atoms with Crippen molar-refractivity contribution < 1.29 is 19.2 Å². The fourth-order valence-electron chi connectivity index (χ4n) is 1.55. The van der Waals surface area contributed by atoms with E-state index in [4.69, 9.17) is 9.63 Å². The van der Waals surface area contributed by atoms with Gasteiger partial charge in [-0.25, -0.2) is 4.79 Å². The van der Waals surface area contributed by atoms with Crippen LogP contribution >= 0.6 is 11.3 Å². The molecule has 2 aromatic rings. The molecular weight excluding hydrogens is 280 g/mol. The predicted molar refractivity (Wildman–Crippen MR) is 73.4 cm³/mol. The SMILES string of the molecule is Cc1cnoc1C(=O)NCc1sccc1/C=C/C(=O)O. The highest BCUT2D eigenvalue weighted by molar-refractivity contribution is 7.10. The zero-order valence-corrected chi connectivity index (χ0v) is 11.4. The van der Waals surface area contributed by atoms with Gasteiger partial charge in [-0.3, -0.25) is 4.79 Å². The lowest BCUT2D eigenvalue weighted by molar-refractivity contribution is -0.131. The smallest absolute Gasteiger partial charge is 0.328 e. The second kappa shape index (κ2) is 6.16. The quantitative estimate of drug-likeness (QED) is 0.823. The lowest BCUT2D eigenvalue weighted by Crippen LogP contribution is -2.22. The molecule has 0 bridgehead atoms. The van der Waals surface area contributed by atoms with Crippen LogP contribution in [-0.4, -0.2) is 22.1 Å². The van der Waals surface area contributed by atoms with Crippen molar-refractivity contribution in [2.24, 2.45) is 0 Å². The van der Waals surface area contributed by atoms with Crippen molar-refractivity contribution in [2.75, 3.05) is 0 Å². The van der Waals surface area contributed by atoms with Gasteiger partial charge < -0.3 is 14.9 Å². The highest BCUT2D eigenvalue weighted by Crippen LogP contribution is 2.18. The van der Waals surface area contributed by atoms with Crippen LogP contribution in [0.15, 0.2) is 28.2 Å². The van der Waals surface area contributed by atoms with Crippen LogP contribution in [-0.2, 0) is 11.3 Å². The largest absolute Gasteiger partial charge is 0.478 e. The fraction of sp³-hybridized carbons (Fsp3) is 0.154. The monoisotopic (exact) mass is 292 g/mol. The number of amides is 1. The maximum absolute atomic E-state index is 11.8. The Hall–Kier alpha value is -2.41. The third-order valence-corrected chi connectivity index (χ3v) is 3.49. The third kappa shape index (κ3) is 3.33. The summed E-state index contributed by atoms with van der Waals surface area (Å²) in [6, 6.07) is 1.80.